The molecule has 0 radical (unpaired) electrons. The van der Waals surface area contributed by atoms with Crippen molar-refractivity contribution in [2.24, 2.45) is 0 Å². The zero-order valence-electron chi connectivity index (χ0n) is 13.2. The minimum Gasteiger partial charge on any atom is -0.356 e. The number of hydrogen-bond acceptors (Lipinski definition) is 6. The van der Waals surface area contributed by atoms with Crippen LogP contribution in [0.1, 0.15) is 21.6 Å². The summed E-state index contributed by atoms with van der Waals surface area (Å²) in [6.45, 7) is 2.87. The minimum absolute atomic E-state index is 0.118. The lowest BCUT2D eigenvalue weighted by atomic mass is 10.2. The summed E-state index contributed by atoms with van der Waals surface area (Å²) in [7, 11) is 0. The van der Waals surface area contributed by atoms with Crippen LogP contribution >= 0.6 is 23.1 Å². The molecule has 0 bridgehead atoms. The molecule has 7 heteroatoms. The van der Waals surface area contributed by atoms with E-state index in [-0.39, 0.29) is 10.5 Å². The Morgan fingerprint density at radius 1 is 1.42 bits per heavy atom. The van der Waals surface area contributed by atoms with Crippen LogP contribution < -0.4 is 0 Å². The zero-order chi connectivity index (χ0) is 16.5. The van der Waals surface area contributed by atoms with E-state index in [9.17, 15) is 4.79 Å². The molecule has 1 aromatic carbocycles. The number of carbonyl (C=O) groups excluding carboxylic acids is 1. The van der Waals surface area contributed by atoms with Gasteiger partial charge in [-0.3, -0.25) is 9.63 Å². The van der Waals surface area contributed by atoms with Gasteiger partial charge in [0.2, 0.25) is 5.12 Å². The molecule has 3 heterocycles. The molecule has 124 valence electrons. The second-order valence-corrected chi connectivity index (χ2v) is 7.75. The molecular weight excluding hydrogens is 342 g/mol. The summed E-state index contributed by atoms with van der Waals surface area (Å²) in [5.41, 5.74) is 4.99. The van der Waals surface area contributed by atoms with Crippen molar-refractivity contribution < 1.29 is 9.63 Å². The maximum Gasteiger partial charge on any atom is 0.207 e. The predicted molar refractivity (Wildman–Crippen MR) is 96.9 cm³/mol. The van der Waals surface area contributed by atoms with Gasteiger partial charge in [-0.15, -0.1) is 11.3 Å². The van der Waals surface area contributed by atoms with Gasteiger partial charge in [0.25, 0.3) is 0 Å². The summed E-state index contributed by atoms with van der Waals surface area (Å²) >= 11 is 2.96. The van der Waals surface area contributed by atoms with Crippen molar-refractivity contribution in [2.75, 3.05) is 13.2 Å². The highest BCUT2D eigenvalue weighted by Gasteiger charge is 2.34. The predicted octanol–water partition coefficient (Wildman–Crippen LogP) is 3.68. The van der Waals surface area contributed by atoms with Gasteiger partial charge in [-0.2, -0.15) is 5.06 Å². The highest BCUT2D eigenvalue weighted by molar-refractivity contribution is 8.14. The van der Waals surface area contributed by atoms with E-state index in [1.54, 1.807) is 16.4 Å². The van der Waals surface area contributed by atoms with Gasteiger partial charge in [-0.25, -0.2) is 4.98 Å². The molecule has 3 aromatic rings. The summed E-state index contributed by atoms with van der Waals surface area (Å²) in [5.74, 6) is 0. The SMILES string of the molecule is Cc1ncsc1CCON1CC(=O)SC1c1cc2ccccc2[nH]1. The number of hydroxylamine groups is 2. The molecular formula is C17H17N3O2S2. The molecule has 0 amide bonds. The van der Waals surface area contributed by atoms with Crippen LogP contribution in [-0.4, -0.2) is 33.3 Å². The molecule has 0 spiro atoms. The zero-order valence-corrected chi connectivity index (χ0v) is 14.8. The monoisotopic (exact) mass is 359 g/mol. The fraction of sp³-hybridized carbons (Fsp3) is 0.294. The quantitative estimate of drug-likeness (QED) is 0.753. The normalized spacial score (nSPS) is 18.7. The Morgan fingerprint density at radius 3 is 3.08 bits per heavy atom. The Morgan fingerprint density at radius 2 is 2.29 bits per heavy atom. The Kier molecular flexibility index (Phi) is 4.41. The first-order valence-corrected chi connectivity index (χ1v) is 9.52. The van der Waals surface area contributed by atoms with Gasteiger partial charge in [0.15, 0.2) is 0 Å². The third-order valence-corrected chi connectivity index (χ3v) is 6.14. The lowest BCUT2D eigenvalue weighted by Gasteiger charge is -2.21. The van der Waals surface area contributed by atoms with E-state index in [1.165, 1.54) is 16.6 Å². The maximum absolute atomic E-state index is 11.9. The standard InChI is InChI=1S/C17H17N3O2S2/c1-11-15(23-10-18-11)6-7-22-20-9-16(21)24-17(20)14-8-12-4-2-3-5-13(12)19-14/h2-5,8,10,17,19H,6-7,9H2,1H3. The lowest BCUT2D eigenvalue weighted by Crippen LogP contribution is -2.25. The molecule has 0 aliphatic carbocycles. The molecule has 1 saturated heterocycles. The van der Waals surface area contributed by atoms with Crippen LogP contribution in [0.4, 0.5) is 0 Å². The van der Waals surface area contributed by atoms with E-state index in [2.05, 4.69) is 22.1 Å². The van der Waals surface area contributed by atoms with Gasteiger partial charge in [-0.1, -0.05) is 30.0 Å². The average molecular weight is 359 g/mol. The fourth-order valence-electron chi connectivity index (χ4n) is 2.81. The molecule has 1 N–H and O–H groups in total. The fourth-order valence-corrected chi connectivity index (χ4v) is 4.53. The number of thiazole rings is 1. The average Bonchev–Trinajstić information content (AvgIpc) is 3.26. The van der Waals surface area contributed by atoms with E-state index < -0.39 is 0 Å². The number of carbonyl (C=O) groups is 1. The summed E-state index contributed by atoms with van der Waals surface area (Å²) in [4.78, 5) is 26.7. The van der Waals surface area contributed by atoms with Gasteiger partial charge in [0.05, 0.1) is 24.4 Å². The largest absolute Gasteiger partial charge is 0.356 e. The van der Waals surface area contributed by atoms with Crippen LogP contribution in [0.2, 0.25) is 0 Å². The van der Waals surface area contributed by atoms with Crippen molar-refractivity contribution in [3.8, 4) is 0 Å². The molecule has 5 nitrogen and oxygen atoms in total. The Balaban J connectivity index is 1.47. The van der Waals surface area contributed by atoms with Gasteiger partial charge in [0, 0.05) is 22.5 Å². The van der Waals surface area contributed by atoms with Crippen LogP contribution in [0.5, 0.6) is 0 Å². The molecule has 1 unspecified atom stereocenters. The van der Waals surface area contributed by atoms with Crippen molar-refractivity contribution in [3.63, 3.8) is 0 Å². The van der Waals surface area contributed by atoms with Crippen molar-refractivity contribution in [1.82, 2.24) is 15.0 Å². The molecule has 0 saturated carbocycles. The number of rotatable bonds is 5. The van der Waals surface area contributed by atoms with Gasteiger partial charge in [0.1, 0.15) is 5.37 Å². The number of nitrogens with one attached hydrogen (secondary N) is 1. The van der Waals surface area contributed by atoms with Crippen LogP contribution in [0.3, 0.4) is 0 Å². The van der Waals surface area contributed by atoms with E-state index in [0.717, 1.165) is 28.7 Å². The number of H-pyrrole nitrogens is 1. The van der Waals surface area contributed by atoms with Crippen molar-refractivity contribution >= 4 is 39.1 Å². The number of fused-ring (bicyclic) bond motifs is 1. The number of para-hydroxylation sites is 1. The highest BCUT2D eigenvalue weighted by atomic mass is 32.2. The van der Waals surface area contributed by atoms with Crippen LogP contribution in [-0.2, 0) is 16.1 Å². The van der Waals surface area contributed by atoms with E-state index in [0.29, 0.717) is 13.2 Å². The van der Waals surface area contributed by atoms with Gasteiger partial charge in [-0.05, 0) is 24.4 Å². The Bertz CT molecular complexity index is 840. The van der Waals surface area contributed by atoms with Crippen LogP contribution in [0.15, 0.2) is 35.8 Å². The Labute approximate surface area is 148 Å². The van der Waals surface area contributed by atoms with Crippen LogP contribution in [0, 0.1) is 6.92 Å². The molecule has 4 rings (SSSR count). The minimum atomic E-state index is -0.118. The summed E-state index contributed by atoms with van der Waals surface area (Å²) in [5, 5.41) is 2.95. The van der Waals surface area contributed by atoms with Crippen molar-refractivity contribution in [1.29, 1.82) is 0 Å². The molecule has 1 fully saturated rings. The number of thioether (sulfide) groups is 1. The summed E-state index contributed by atoms with van der Waals surface area (Å²) < 4.78 is 0. The number of aryl methyl sites for hydroxylation is 1. The number of aromatic amines is 1. The smallest absolute Gasteiger partial charge is 0.207 e. The number of aromatic nitrogens is 2. The molecule has 24 heavy (non-hydrogen) atoms. The van der Waals surface area contributed by atoms with E-state index in [1.807, 2.05) is 30.6 Å². The highest BCUT2D eigenvalue weighted by Crippen LogP contribution is 2.39. The molecule has 1 atom stereocenters. The maximum atomic E-state index is 11.9. The first-order valence-electron chi connectivity index (χ1n) is 7.76. The second kappa shape index (κ2) is 6.68. The first kappa shape index (κ1) is 15.8. The van der Waals surface area contributed by atoms with Crippen molar-refractivity contribution in [2.45, 2.75) is 18.7 Å². The lowest BCUT2D eigenvalue weighted by molar-refractivity contribution is -0.164. The summed E-state index contributed by atoms with van der Waals surface area (Å²) in [6.07, 6.45) is 0.811. The number of hydrogen-bond donors (Lipinski definition) is 1. The van der Waals surface area contributed by atoms with E-state index >= 15 is 0 Å². The first-order chi connectivity index (χ1) is 11.7. The topological polar surface area (TPSA) is 58.2 Å². The van der Waals surface area contributed by atoms with Crippen molar-refractivity contribution in [3.05, 3.63) is 52.1 Å². The Hall–Kier alpha value is -1.67. The number of benzene rings is 1. The molecule has 1 aliphatic heterocycles. The van der Waals surface area contributed by atoms with Gasteiger partial charge >= 0.3 is 0 Å². The second-order valence-electron chi connectivity index (χ2n) is 5.67. The van der Waals surface area contributed by atoms with E-state index in [4.69, 9.17) is 4.84 Å². The third kappa shape index (κ3) is 3.12. The molecule has 2 aromatic heterocycles. The third-order valence-electron chi connectivity index (χ3n) is 4.04. The van der Waals surface area contributed by atoms with Gasteiger partial charge < -0.3 is 4.98 Å². The molecule has 1 aliphatic rings. The number of nitrogens with zero attached hydrogens (tertiary/aromatic N) is 2. The van der Waals surface area contributed by atoms with Crippen LogP contribution in [0.25, 0.3) is 10.9 Å². The summed E-state index contributed by atoms with van der Waals surface area (Å²) in [6, 6.07) is 10.2.